The maximum absolute atomic E-state index is 12.0. The number of rotatable bonds is 4. The van der Waals surface area contributed by atoms with Crippen molar-refractivity contribution >= 4 is 29.3 Å². The Morgan fingerprint density at radius 3 is 2.67 bits per heavy atom. The highest BCUT2D eigenvalue weighted by Gasteiger charge is 2.44. The quantitative estimate of drug-likeness (QED) is 0.773. The molecule has 2 aliphatic rings. The van der Waals surface area contributed by atoms with Crippen LogP contribution in [0, 0.1) is 5.41 Å². The Bertz CT molecular complexity index is 259. The topological polar surface area (TPSA) is 29.1 Å². The van der Waals surface area contributed by atoms with Crippen LogP contribution in [-0.2, 0) is 4.79 Å². The molecule has 4 heteroatoms. The van der Waals surface area contributed by atoms with Crippen molar-refractivity contribution in [1.82, 2.24) is 5.32 Å². The fourth-order valence-corrected chi connectivity index (χ4v) is 3.54. The van der Waals surface area contributed by atoms with E-state index in [2.05, 4.69) is 12.2 Å². The second kappa shape index (κ2) is 4.17. The largest absolute Gasteiger partial charge is 0.354 e. The summed E-state index contributed by atoms with van der Waals surface area (Å²) in [4.78, 5) is 12.0. The van der Waals surface area contributed by atoms with E-state index in [1.165, 1.54) is 12.8 Å². The molecule has 86 valence electrons. The van der Waals surface area contributed by atoms with Crippen LogP contribution in [0.4, 0.5) is 0 Å². The molecule has 1 heterocycles. The van der Waals surface area contributed by atoms with Gasteiger partial charge in [-0.1, -0.05) is 0 Å². The smallest absolute Gasteiger partial charge is 0.235 e. The van der Waals surface area contributed by atoms with Gasteiger partial charge in [-0.3, -0.25) is 4.79 Å². The summed E-state index contributed by atoms with van der Waals surface area (Å²) in [6, 6.07) is 0. The third-order valence-electron chi connectivity index (χ3n) is 3.56. The first-order valence-electron chi connectivity index (χ1n) is 5.59. The lowest BCUT2D eigenvalue weighted by Gasteiger charge is -2.23. The maximum Gasteiger partial charge on any atom is 0.235 e. The van der Waals surface area contributed by atoms with Gasteiger partial charge in [0.1, 0.15) is 0 Å². The summed E-state index contributed by atoms with van der Waals surface area (Å²) in [7, 11) is 0. The highest BCUT2D eigenvalue weighted by Crippen LogP contribution is 2.46. The van der Waals surface area contributed by atoms with Gasteiger partial charge < -0.3 is 5.32 Å². The molecular formula is C11H18ClNOS. The van der Waals surface area contributed by atoms with Gasteiger partial charge in [0.05, 0.1) is 4.75 Å². The minimum absolute atomic E-state index is 0.178. The molecule has 2 rings (SSSR count). The Hall–Kier alpha value is 0.110. The highest BCUT2D eigenvalue weighted by molar-refractivity contribution is 8.01. The van der Waals surface area contributed by atoms with Crippen LogP contribution in [0.5, 0.6) is 0 Å². The fourth-order valence-electron chi connectivity index (χ4n) is 1.95. The molecule has 0 bridgehead atoms. The van der Waals surface area contributed by atoms with Gasteiger partial charge in [-0.15, -0.1) is 23.4 Å². The average molecular weight is 248 g/mol. The zero-order valence-corrected chi connectivity index (χ0v) is 10.7. The van der Waals surface area contributed by atoms with E-state index in [1.807, 2.05) is 0 Å². The molecule has 1 unspecified atom stereocenters. The van der Waals surface area contributed by atoms with E-state index in [9.17, 15) is 4.79 Å². The summed E-state index contributed by atoms with van der Waals surface area (Å²) in [6.07, 6.45) is 4.51. The van der Waals surface area contributed by atoms with Crippen molar-refractivity contribution in [3.05, 3.63) is 0 Å². The average Bonchev–Trinajstić information content (AvgIpc) is 2.90. The maximum atomic E-state index is 12.0. The lowest BCUT2D eigenvalue weighted by atomic mass is 10.0. The Morgan fingerprint density at radius 1 is 1.47 bits per heavy atom. The number of thioether (sulfide) groups is 1. The zero-order valence-electron chi connectivity index (χ0n) is 9.14. The summed E-state index contributed by atoms with van der Waals surface area (Å²) in [5.41, 5.74) is 0.233. The van der Waals surface area contributed by atoms with E-state index < -0.39 is 0 Å². The number of amides is 1. The monoisotopic (exact) mass is 247 g/mol. The normalized spacial score (nSPS) is 32.7. The minimum atomic E-state index is -0.178. The van der Waals surface area contributed by atoms with Crippen LogP contribution in [0.15, 0.2) is 0 Å². The van der Waals surface area contributed by atoms with Gasteiger partial charge in [0, 0.05) is 17.8 Å². The molecule has 15 heavy (non-hydrogen) atoms. The van der Waals surface area contributed by atoms with E-state index in [-0.39, 0.29) is 16.1 Å². The van der Waals surface area contributed by atoms with E-state index in [4.69, 9.17) is 11.6 Å². The number of hydrogen-bond donors (Lipinski definition) is 1. The third kappa shape index (κ3) is 2.44. The summed E-state index contributed by atoms with van der Waals surface area (Å²) in [6.45, 7) is 2.83. The van der Waals surface area contributed by atoms with Gasteiger partial charge >= 0.3 is 0 Å². The van der Waals surface area contributed by atoms with Crippen molar-refractivity contribution in [2.75, 3.05) is 18.2 Å². The Morgan fingerprint density at radius 2 is 2.20 bits per heavy atom. The summed E-state index contributed by atoms with van der Waals surface area (Å²) in [5, 5.41) is 3.07. The Kier molecular flexibility index (Phi) is 3.22. The standard InChI is InChI=1S/C11H18ClNOS/c1-10(3-2-6-15-10)9(14)13-8-11(7-12)4-5-11/h2-8H2,1H3,(H,13,14). The molecule has 2 nitrogen and oxygen atoms in total. The van der Waals surface area contributed by atoms with Crippen LogP contribution < -0.4 is 5.32 Å². The van der Waals surface area contributed by atoms with E-state index in [1.54, 1.807) is 11.8 Å². The fraction of sp³-hybridized carbons (Fsp3) is 0.909. The van der Waals surface area contributed by atoms with E-state index in [0.717, 1.165) is 25.1 Å². The molecule has 0 aromatic rings. The number of carbonyl (C=O) groups is 1. The molecule has 0 radical (unpaired) electrons. The molecule has 1 N–H and O–H groups in total. The van der Waals surface area contributed by atoms with E-state index in [0.29, 0.717) is 5.88 Å². The van der Waals surface area contributed by atoms with Crippen molar-refractivity contribution in [3.8, 4) is 0 Å². The number of alkyl halides is 1. The second-order valence-corrected chi connectivity index (χ2v) is 6.86. The van der Waals surface area contributed by atoms with Crippen LogP contribution in [0.2, 0.25) is 0 Å². The molecule has 0 aromatic carbocycles. The molecule has 1 atom stereocenters. The second-order valence-electron chi connectivity index (χ2n) is 5.00. The molecule has 2 fully saturated rings. The summed E-state index contributed by atoms with van der Waals surface area (Å²) in [5.74, 6) is 2.00. The van der Waals surface area contributed by atoms with Crippen molar-refractivity contribution in [3.63, 3.8) is 0 Å². The SMILES string of the molecule is CC1(C(=O)NCC2(CCl)CC2)CCCS1. The van der Waals surface area contributed by atoms with Gasteiger partial charge in [-0.05, 0) is 38.4 Å². The molecule has 1 amide bonds. The molecule has 1 saturated heterocycles. The van der Waals surface area contributed by atoms with Crippen molar-refractivity contribution < 1.29 is 4.79 Å². The van der Waals surface area contributed by atoms with Gasteiger partial charge in [0.15, 0.2) is 0 Å². The van der Waals surface area contributed by atoms with Gasteiger partial charge in [-0.25, -0.2) is 0 Å². The number of hydrogen-bond acceptors (Lipinski definition) is 2. The predicted molar refractivity (Wildman–Crippen MR) is 65.5 cm³/mol. The molecule has 1 aliphatic carbocycles. The van der Waals surface area contributed by atoms with Crippen LogP contribution in [-0.4, -0.2) is 28.8 Å². The van der Waals surface area contributed by atoms with Crippen LogP contribution >= 0.6 is 23.4 Å². The molecule has 0 spiro atoms. The lowest BCUT2D eigenvalue weighted by molar-refractivity contribution is -0.123. The zero-order chi connectivity index (χ0) is 10.9. The number of carbonyl (C=O) groups excluding carboxylic acids is 1. The molecule has 1 aliphatic heterocycles. The van der Waals surface area contributed by atoms with Gasteiger partial charge in [0.25, 0.3) is 0 Å². The van der Waals surface area contributed by atoms with Gasteiger partial charge in [-0.2, -0.15) is 0 Å². The first-order valence-corrected chi connectivity index (χ1v) is 7.11. The lowest BCUT2D eigenvalue weighted by Crippen LogP contribution is -2.43. The molecular weight excluding hydrogens is 230 g/mol. The van der Waals surface area contributed by atoms with Crippen LogP contribution in [0.3, 0.4) is 0 Å². The van der Waals surface area contributed by atoms with Crippen LogP contribution in [0.1, 0.15) is 32.6 Å². The Labute approximate surface area is 101 Å². The first kappa shape index (κ1) is 11.6. The van der Waals surface area contributed by atoms with Crippen molar-refractivity contribution in [2.45, 2.75) is 37.4 Å². The molecule has 0 aromatic heterocycles. The van der Waals surface area contributed by atoms with Gasteiger partial charge in [0.2, 0.25) is 5.91 Å². The van der Waals surface area contributed by atoms with E-state index >= 15 is 0 Å². The Balaban J connectivity index is 1.82. The molecule has 1 saturated carbocycles. The predicted octanol–water partition coefficient (Wildman–Crippen LogP) is 2.41. The summed E-state index contributed by atoms with van der Waals surface area (Å²) < 4.78 is -0.178. The third-order valence-corrected chi connectivity index (χ3v) is 5.65. The highest BCUT2D eigenvalue weighted by atomic mass is 35.5. The number of halogens is 1. The minimum Gasteiger partial charge on any atom is -0.354 e. The first-order chi connectivity index (χ1) is 7.10. The van der Waals surface area contributed by atoms with Crippen molar-refractivity contribution in [1.29, 1.82) is 0 Å². The van der Waals surface area contributed by atoms with Crippen LogP contribution in [0.25, 0.3) is 0 Å². The number of nitrogens with one attached hydrogen (secondary N) is 1. The summed E-state index contributed by atoms with van der Waals surface area (Å²) >= 11 is 7.66. The van der Waals surface area contributed by atoms with Crippen molar-refractivity contribution in [2.24, 2.45) is 5.41 Å².